The van der Waals surface area contributed by atoms with Crippen molar-refractivity contribution in [3.63, 3.8) is 0 Å². The summed E-state index contributed by atoms with van der Waals surface area (Å²) in [6.07, 6.45) is -10.3. The third-order valence-electron chi connectivity index (χ3n) is 6.79. The fourth-order valence-corrected chi connectivity index (χ4v) is 8.72. The molecule has 3 aliphatic heterocycles. The number of imidazole rings is 1. The van der Waals surface area contributed by atoms with Gasteiger partial charge in [0.05, 0.1) is 26.7 Å². The Balaban J connectivity index is 1.35. The van der Waals surface area contributed by atoms with Crippen molar-refractivity contribution in [1.29, 1.82) is 0 Å². The molecular weight excluding hydrogens is 678 g/mol. The molecule has 0 aliphatic carbocycles. The molecular formula is C20H23F2N7O11P2S2. The second-order valence-corrected chi connectivity index (χ2v) is 15.9. The minimum Gasteiger partial charge on any atom is -0.382 e. The number of hydrogen-bond acceptors (Lipinski definition) is 16. The summed E-state index contributed by atoms with van der Waals surface area (Å²) >= 11 is 5.30. The van der Waals surface area contributed by atoms with Gasteiger partial charge >= 0.3 is 19.2 Å². The SMILES string of the molecule is COSP1(=O)OC[C@H]2O[C@@H](n3ccc(=O)[nH]c3=O)[C@H](F)[C@@H]2OP(O)(=S)OC[C@H]2O[C@@H](n3cnc4c(N)ncnc43)[C@H](O1)[C@@H]2F. The molecule has 4 N–H and O–H groups in total. The molecule has 24 heteroatoms. The fraction of sp³-hybridized carbons (Fsp3) is 0.550. The molecule has 6 rings (SSSR count). The molecule has 0 spiro atoms. The zero-order valence-electron chi connectivity index (χ0n) is 22.2. The molecule has 0 radical (unpaired) electrons. The van der Waals surface area contributed by atoms with Gasteiger partial charge in [-0.05, 0) is 11.8 Å². The first-order valence-corrected chi connectivity index (χ1v) is 18.0. The van der Waals surface area contributed by atoms with Gasteiger partial charge in [-0.2, -0.15) is 0 Å². The van der Waals surface area contributed by atoms with Gasteiger partial charge in [-0.1, -0.05) is 0 Å². The van der Waals surface area contributed by atoms with Crippen molar-refractivity contribution >= 4 is 54.0 Å². The number of halogens is 2. The topological polar surface area (TPSA) is 226 Å². The zero-order valence-corrected chi connectivity index (χ0v) is 25.6. The summed E-state index contributed by atoms with van der Waals surface area (Å²) in [5.41, 5.74) is 4.43. The van der Waals surface area contributed by atoms with Crippen LogP contribution in [0.15, 0.2) is 34.5 Å². The quantitative estimate of drug-likeness (QED) is 0.253. The number of fused-ring (bicyclic) bond motifs is 4. The molecule has 2 bridgehead atoms. The van der Waals surface area contributed by atoms with Crippen LogP contribution in [0.25, 0.3) is 11.2 Å². The second kappa shape index (κ2) is 12.2. The number of ether oxygens (including phenoxy) is 2. The Morgan fingerprint density at radius 1 is 1.09 bits per heavy atom. The zero-order chi connectivity index (χ0) is 31.4. The molecule has 3 aliphatic rings. The number of aromatic nitrogens is 6. The van der Waals surface area contributed by atoms with E-state index < -0.39 is 87.2 Å². The van der Waals surface area contributed by atoms with E-state index in [1.165, 1.54) is 10.9 Å². The van der Waals surface area contributed by atoms with Crippen LogP contribution in [0.4, 0.5) is 14.6 Å². The number of H-pyrrole nitrogens is 1. The van der Waals surface area contributed by atoms with Crippen molar-refractivity contribution in [1.82, 2.24) is 29.1 Å². The number of aromatic amines is 1. The molecule has 3 saturated heterocycles. The Bertz CT molecular complexity index is 1770. The first-order chi connectivity index (χ1) is 20.9. The smallest absolute Gasteiger partial charge is 0.382 e. The van der Waals surface area contributed by atoms with Crippen molar-refractivity contribution < 1.29 is 50.0 Å². The predicted molar refractivity (Wildman–Crippen MR) is 149 cm³/mol. The van der Waals surface area contributed by atoms with Crippen LogP contribution in [0.2, 0.25) is 0 Å². The lowest BCUT2D eigenvalue weighted by molar-refractivity contribution is -0.0590. The van der Waals surface area contributed by atoms with Gasteiger partial charge in [0.1, 0.15) is 47.9 Å². The lowest BCUT2D eigenvalue weighted by Crippen LogP contribution is -2.36. The highest BCUT2D eigenvalue weighted by atomic mass is 32.7. The molecule has 2 unspecified atom stereocenters. The molecule has 240 valence electrons. The van der Waals surface area contributed by atoms with E-state index in [4.69, 9.17) is 49.3 Å². The third kappa shape index (κ3) is 6.02. The van der Waals surface area contributed by atoms with Gasteiger partial charge in [0.15, 0.2) is 36.3 Å². The highest BCUT2D eigenvalue weighted by Crippen LogP contribution is 2.64. The van der Waals surface area contributed by atoms with E-state index >= 15 is 8.78 Å². The first-order valence-electron chi connectivity index (χ1n) is 12.5. The normalized spacial score (nSPS) is 38.1. The van der Waals surface area contributed by atoms with Crippen molar-refractivity contribution in [3.8, 4) is 0 Å². The number of nitrogen functional groups attached to an aromatic ring is 1. The van der Waals surface area contributed by atoms with Crippen LogP contribution in [0.3, 0.4) is 0 Å². The maximum Gasteiger partial charge on any atom is 0.416 e. The largest absolute Gasteiger partial charge is 0.416 e. The Kier molecular flexibility index (Phi) is 8.80. The van der Waals surface area contributed by atoms with Gasteiger partial charge in [-0.25, -0.2) is 33.1 Å². The Morgan fingerprint density at radius 3 is 2.59 bits per heavy atom. The van der Waals surface area contributed by atoms with Gasteiger partial charge in [0.2, 0.25) is 0 Å². The summed E-state index contributed by atoms with van der Waals surface area (Å²) in [4.78, 5) is 48.8. The standard InChI is InChI=1S/C20H23F2N7O11P2S2/c1-34-44-42(33)36-5-9-14(12(22)18(38-9)28-3-2-10(30)27-20(28)31)39-41(32,43)35-4-8-11(21)15(40-42)19(37-8)29-7-26-13-16(23)24-6-25-17(13)29/h2-3,6-9,11-12,14-15,18-19H,4-5H2,1H3,(H,32,43)(H2,23,24,25)(H,27,30,31)/t8-,9-,11-,12-,14-,15-,18-,19-,41?,42?/m1/s1. The van der Waals surface area contributed by atoms with Crippen molar-refractivity contribution in [2.24, 2.45) is 0 Å². The van der Waals surface area contributed by atoms with Crippen LogP contribution in [0.5, 0.6) is 0 Å². The van der Waals surface area contributed by atoms with E-state index in [2.05, 4.69) is 15.0 Å². The monoisotopic (exact) mass is 701 g/mol. The molecule has 3 aromatic heterocycles. The number of hydrogen-bond donors (Lipinski definition) is 3. The van der Waals surface area contributed by atoms with Crippen molar-refractivity contribution in [2.75, 3.05) is 26.1 Å². The first kappa shape index (κ1) is 31.8. The maximum atomic E-state index is 15.9. The Morgan fingerprint density at radius 2 is 1.84 bits per heavy atom. The maximum absolute atomic E-state index is 15.9. The molecule has 44 heavy (non-hydrogen) atoms. The third-order valence-corrected chi connectivity index (χ3v) is 11.2. The summed E-state index contributed by atoms with van der Waals surface area (Å²) in [5, 5.41) is 0. The molecule has 6 heterocycles. The predicted octanol–water partition coefficient (Wildman–Crippen LogP) is 0.866. The number of alkyl halides is 2. The van der Waals surface area contributed by atoms with Crippen molar-refractivity contribution in [2.45, 2.75) is 49.2 Å². The van der Waals surface area contributed by atoms with Gasteiger partial charge < -0.3 is 28.8 Å². The van der Waals surface area contributed by atoms with E-state index in [1.807, 2.05) is 4.98 Å². The van der Waals surface area contributed by atoms with Crippen LogP contribution >= 0.6 is 25.2 Å². The molecule has 18 nitrogen and oxygen atoms in total. The molecule has 0 amide bonds. The van der Waals surface area contributed by atoms with Crippen LogP contribution in [-0.2, 0) is 48.1 Å². The second-order valence-electron chi connectivity index (χ2n) is 9.51. The van der Waals surface area contributed by atoms with Gasteiger partial charge in [0.25, 0.3) is 5.56 Å². The molecule has 3 aromatic rings. The van der Waals surface area contributed by atoms with Crippen molar-refractivity contribution in [3.05, 3.63) is 45.8 Å². The van der Waals surface area contributed by atoms with Gasteiger partial charge in [-0.3, -0.25) is 32.5 Å². The Labute approximate surface area is 253 Å². The summed E-state index contributed by atoms with van der Waals surface area (Å²) in [6.45, 7) is -10.3. The fourth-order valence-electron chi connectivity index (χ4n) is 4.85. The number of nitrogens with zero attached hydrogens (tertiary/aromatic N) is 5. The average Bonchev–Trinajstić information content (AvgIpc) is 3.61. The summed E-state index contributed by atoms with van der Waals surface area (Å²) in [5.74, 6) is 0.0322. The van der Waals surface area contributed by atoms with E-state index in [1.54, 1.807) is 0 Å². The summed E-state index contributed by atoms with van der Waals surface area (Å²) in [7, 11) is 1.16. The van der Waals surface area contributed by atoms with E-state index in [0.29, 0.717) is 0 Å². The molecule has 10 atom stereocenters. The van der Waals surface area contributed by atoms with E-state index in [-0.39, 0.29) is 28.6 Å². The van der Waals surface area contributed by atoms with E-state index in [9.17, 15) is 19.0 Å². The van der Waals surface area contributed by atoms with E-state index in [0.717, 1.165) is 30.3 Å². The van der Waals surface area contributed by atoms with Gasteiger partial charge in [-0.15, -0.1) is 0 Å². The molecule has 3 fully saturated rings. The minimum atomic E-state index is -4.49. The van der Waals surface area contributed by atoms with Crippen LogP contribution in [0, 0.1) is 0 Å². The van der Waals surface area contributed by atoms with Gasteiger partial charge in [0, 0.05) is 12.3 Å². The molecule has 0 saturated carbocycles. The number of rotatable bonds is 4. The van der Waals surface area contributed by atoms with Crippen LogP contribution < -0.4 is 17.0 Å². The van der Waals surface area contributed by atoms with Crippen LogP contribution in [-0.4, -0.2) is 91.0 Å². The Hall–Kier alpha value is -2.20. The minimum absolute atomic E-state index is 0.0322. The lowest BCUT2D eigenvalue weighted by atomic mass is 10.1. The summed E-state index contributed by atoms with van der Waals surface area (Å²) in [6, 6.07) is 0.962. The number of nitrogens with one attached hydrogen (secondary N) is 1. The lowest BCUT2D eigenvalue weighted by Gasteiger charge is -2.27. The summed E-state index contributed by atoms with van der Waals surface area (Å²) < 4.78 is 86.1. The highest BCUT2D eigenvalue weighted by Gasteiger charge is 2.54. The number of anilines is 1. The van der Waals surface area contributed by atoms with Crippen LogP contribution in [0.1, 0.15) is 12.5 Å². The number of nitrogens with two attached hydrogens (primary N) is 1. The average molecular weight is 702 g/mol. The molecule has 0 aromatic carbocycles. The highest BCUT2D eigenvalue weighted by molar-refractivity contribution is 8.52.